The minimum atomic E-state index is 0.242. The lowest BCUT2D eigenvalue weighted by atomic mass is 10.2. The smallest absolute Gasteiger partial charge is 0.120 e. The van der Waals surface area contributed by atoms with Crippen LogP contribution in [-0.4, -0.2) is 16.3 Å². The van der Waals surface area contributed by atoms with E-state index in [0.29, 0.717) is 0 Å². The molecule has 0 aromatic carbocycles. The van der Waals surface area contributed by atoms with Crippen molar-refractivity contribution in [2.45, 2.75) is 26.4 Å². The summed E-state index contributed by atoms with van der Waals surface area (Å²) in [5, 5.41) is 7.62. The Bertz CT molecular complexity index is 419. The summed E-state index contributed by atoms with van der Waals surface area (Å²) in [5.74, 6) is 0.970. The van der Waals surface area contributed by atoms with Crippen LogP contribution >= 0.6 is 0 Å². The van der Waals surface area contributed by atoms with E-state index in [0.717, 1.165) is 18.8 Å². The summed E-state index contributed by atoms with van der Waals surface area (Å²) >= 11 is 0. The van der Waals surface area contributed by atoms with Crippen molar-refractivity contribution in [3.8, 4) is 0 Å². The first kappa shape index (κ1) is 11.0. The minimum Gasteiger partial charge on any atom is -0.468 e. The molecule has 4 nitrogen and oxygen atoms in total. The molecule has 1 atom stereocenters. The third-order valence-electron chi connectivity index (χ3n) is 2.67. The quantitative estimate of drug-likeness (QED) is 0.837. The van der Waals surface area contributed by atoms with Gasteiger partial charge in [0.2, 0.25) is 0 Å². The fourth-order valence-corrected chi connectivity index (χ4v) is 1.66. The maximum absolute atomic E-state index is 5.32. The molecule has 2 rings (SSSR count). The Labute approximate surface area is 95.3 Å². The van der Waals surface area contributed by atoms with Crippen LogP contribution in [-0.2, 0) is 6.54 Å². The van der Waals surface area contributed by atoms with Gasteiger partial charge in [-0.3, -0.25) is 4.68 Å². The van der Waals surface area contributed by atoms with Gasteiger partial charge in [0.1, 0.15) is 5.76 Å². The molecule has 1 N–H and O–H groups in total. The van der Waals surface area contributed by atoms with E-state index in [1.807, 2.05) is 29.1 Å². The number of aromatic nitrogens is 2. The van der Waals surface area contributed by atoms with Gasteiger partial charge in [0.15, 0.2) is 0 Å². The monoisotopic (exact) mass is 219 g/mol. The molecule has 86 valence electrons. The Morgan fingerprint density at radius 2 is 2.38 bits per heavy atom. The zero-order valence-corrected chi connectivity index (χ0v) is 9.68. The van der Waals surface area contributed by atoms with Gasteiger partial charge in [-0.15, -0.1) is 0 Å². The summed E-state index contributed by atoms with van der Waals surface area (Å²) in [6.45, 7) is 5.91. The first-order valence-corrected chi connectivity index (χ1v) is 5.52. The van der Waals surface area contributed by atoms with Crippen molar-refractivity contribution in [3.05, 3.63) is 42.1 Å². The molecule has 4 heteroatoms. The van der Waals surface area contributed by atoms with Crippen LogP contribution in [0.25, 0.3) is 0 Å². The molecular weight excluding hydrogens is 202 g/mol. The fraction of sp³-hybridized carbons (Fsp3) is 0.417. The van der Waals surface area contributed by atoms with Crippen molar-refractivity contribution in [2.75, 3.05) is 6.54 Å². The second kappa shape index (κ2) is 4.99. The molecule has 0 aliphatic rings. The fourth-order valence-electron chi connectivity index (χ4n) is 1.66. The van der Waals surface area contributed by atoms with Crippen molar-refractivity contribution in [1.29, 1.82) is 0 Å². The lowest BCUT2D eigenvalue weighted by Gasteiger charge is -2.11. The Morgan fingerprint density at radius 3 is 3.00 bits per heavy atom. The Balaban J connectivity index is 1.78. The van der Waals surface area contributed by atoms with Crippen LogP contribution in [0.15, 0.2) is 35.1 Å². The lowest BCUT2D eigenvalue weighted by molar-refractivity contribution is 0.417. The summed E-state index contributed by atoms with van der Waals surface area (Å²) in [6.07, 6.45) is 3.52. The van der Waals surface area contributed by atoms with Crippen LogP contribution < -0.4 is 5.32 Å². The molecule has 0 saturated heterocycles. The number of hydrogen-bond donors (Lipinski definition) is 1. The van der Waals surface area contributed by atoms with E-state index in [-0.39, 0.29) is 6.04 Å². The summed E-state index contributed by atoms with van der Waals surface area (Å²) in [4.78, 5) is 0. The number of aryl methyl sites for hydroxylation is 1. The number of nitrogens with one attached hydrogen (secondary N) is 1. The van der Waals surface area contributed by atoms with Gasteiger partial charge in [0, 0.05) is 18.4 Å². The lowest BCUT2D eigenvalue weighted by Crippen LogP contribution is -2.23. The highest BCUT2D eigenvalue weighted by molar-refractivity contribution is 5.03. The summed E-state index contributed by atoms with van der Waals surface area (Å²) < 4.78 is 7.31. The highest BCUT2D eigenvalue weighted by atomic mass is 16.3. The third-order valence-corrected chi connectivity index (χ3v) is 2.67. The molecule has 2 heterocycles. The van der Waals surface area contributed by atoms with Crippen molar-refractivity contribution >= 4 is 0 Å². The Kier molecular flexibility index (Phi) is 3.41. The van der Waals surface area contributed by atoms with Crippen molar-refractivity contribution in [2.24, 2.45) is 0 Å². The van der Waals surface area contributed by atoms with Crippen molar-refractivity contribution < 1.29 is 4.42 Å². The first-order chi connectivity index (χ1) is 7.77. The maximum Gasteiger partial charge on any atom is 0.120 e. The molecule has 16 heavy (non-hydrogen) atoms. The molecule has 0 spiro atoms. The van der Waals surface area contributed by atoms with Crippen LogP contribution in [0.5, 0.6) is 0 Å². The van der Waals surface area contributed by atoms with E-state index in [1.165, 1.54) is 5.69 Å². The average molecular weight is 219 g/mol. The molecule has 1 unspecified atom stereocenters. The molecule has 0 amide bonds. The van der Waals surface area contributed by atoms with E-state index in [2.05, 4.69) is 24.3 Å². The number of rotatable bonds is 5. The van der Waals surface area contributed by atoms with Gasteiger partial charge >= 0.3 is 0 Å². The zero-order valence-electron chi connectivity index (χ0n) is 9.68. The van der Waals surface area contributed by atoms with E-state index < -0.39 is 0 Å². The summed E-state index contributed by atoms with van der Waals surface area (Å²) in [6, 6.07) is 6.14. The minimum absolute atomic E-state index is 0.242. The van der Waals surface area contributed by atoms with E-state index in [4.69, 9.17) is 4.42 Å². The van der Waals surface area contributed by atoms with Crippen LogP contribution in [0.2, 0.25) is 0 Å². The molecule has 0 aliphatic heterocycles. The topological polar surface area (TPSA) is 43.0 Å². The predicted molar refractivity (Wildman–Crippen MR) is 62.1 cm³/mol. The van der Waals surface area contributed by atoms with E-state index in [1.54, 1.807) is 6.26 Å². The van der Waals surface area contributed by atoms with Crippen LogP contribution in [0, 0.1) is 6.92 Å². The molecule has 0 radical (unpaired) electrons. The predicted octanol–water partition coefficient (Wildman–Crippen LogP) is 2.14. The Morgan fingerprint density at radius 1 is 1.50 bits per heavy atom. The van der Waals surface area contributed by atoms with Gasteiger partial charge in [-0.25, -0.2) is 0 Å². The second-order valence-corrected chi connectivity index (χ2v) is 3.89. The van der Waals surface area contributed by atoms with Gasteiger partial charge in [-0.2, -0.15) is 5.10 Å². The van der Waals surface area contributed by atoms with Crippen LogP contribution in [0.3, 0.4) is 0 Å². The molecule has 0 aliphatic carbocycles. The van der Waals surface area contributed by atoms with E-state index in [9.17, 15) is 0 Å². The maximum atomic E-state index is 5.32. The Hall–Kier alpha value is -1.55. The van der Waals surface area contributed by atoms with Gasteiger partial charge in [-0.1, -0.05) is 0 Å². The molecule has 0 fully saturated rings. The van der Waals surface area contributed by atoms with Gasteiger partial charge < -0.3 is 9.73 Å². The first-order valence-electron chi connectivity index (χ1n) is 5.52. The molecular formula is C12H17N3O. The summed E-state index contributed by atoms with van der Waals surface area (Å²) in [7, 11) is 0. The van der Waals surface area contributed by atoms with Crippen molar-refractivity contribution in [1.82, 2.24) is 15.1 Å². The molecule has 2 aromatic rings. The average Bonchev–Trinajstić information content (AvgIpc) is 2.90. The van der Waals surface area contributed by atoms with Gasteiger partial charge in [0.05, 0.1) is 18.8 Å². The van der Waals surface area contributed by atoms with Crippen LogP contribution in [0.4, 0.5) is 0 Å². The van der Waals surface area contributed by atoms with Gasteiger partial charge in [0.25, 0.3) is 0 Å². The SMILES string of the molecule is Cc1ccnn1CCNC(C)c1ccco1. The summed E-state index contributed by atoms with van der Waals surface area (Å²) in [5.41, 5.74) is 1.19. The highest BCUT2D eigenvalue weighted by Gasteiger charge is 2.06. The van der Waals surface area contributed by atoms with Crippen molar-refractivity contribution in [3.63, 3.8) is 0 Å². The normalized spacial score (nSPS) is 12.9. The standard InChI is InChI=1S/C12H17N3O/c1-10-5-6-14-15(10)8-7-13-11(2)12-4-3-9-16-12/h3-6,9,11,13H,7-8H2,1-2H3. The number of hydrogen-bond acceptors (Lipinski definition) is 3. The molecule has 2 aromatic heterocycles. The number of furan rings is 1. The largest absolute Gasteiger partial charge is 0.468 e. The molecule has 0 saturated carbocycles. The van der Waals surface area contributed by atoms with Crippen LogP contribution in [0.1, 0.15) is 24.4 Å². The highest BCUT2D eigenvalue weighted by Crippen LogP contribution is 2.11. The number of nitrogens with zero attached hydrogens (tertiary/aromatic N) is 2. The van der Waals surface area contributed by atoms with E-state index >= 15 is 0 Å². The molecule has 0 bridgehead atoms. The van der Waals surface area contributed by atoms with Gasteiger partial charge in [-0.05, 0) is 32.0 Å². The third kappa shape index (κ3) is 2.52. The second-order valence-electron chi connectivity index (χ2n) is 3.89. The zero-order chi connectivity index (χ0) is 11.4.